The van der Waals surface area contributed by atoms with Gasteiger partial charge in [0.1, 0.15) is 0 Å². The minimum absolute atomic E-state index is 0.0248. The number of halogens is 1. The molecule has 112 valence electrons. The molecule has 5 nitrogen and oxygen atoms in total. The molecule has 3 rings (SSSR count). The quantitative estimate of drug-likeness (QED) is 0.827. The van der Waals surface area contributed by atoms with Crippen molar-refractivity contribution in [1.29, 1.82) is 0 Å². The van der Waals surface area contributed by atoms with E-state index in [0.29, 0.717) is 32.4 Å². The highest BCUT2D eigenvalue weighted by atomic mass is 19.1. The minimum atomic E-state index is -1.63. The smallest absolute Gasteiger partial charge is 0.260 e. The second-order valence-electron chi connectivity index (χ2n) is 6.48. The number of carbonyl (C=O) groups is 2. The highest BCUT2D eigenvalue weighted by Crippen LogP contribution is 2.43. The van der Waals surface area contributed by atoms with Crippen LogP contribution >= 0.6 is 0 Å². The number of hydrogen-bond donors (Lipinski definition) is 1. The maximum atomic E-state index is 13.9. The van der Waals surface area contributed by atoms with Gasteiger partial charge in [-0.1, -0.05) is 0 Å². The van der Waals surface area contributed by atoms with Gasteiger partial charge in [-0.05, 0) is 33.1 Å². The first-order valence-electron chi connectivity index (χ1n) is 7.33. The van der Waals surface area contributed by atoms with Crippen LogP contribution in [0.3, 0.4) is 0 Å². The lowest BCUT2D eigenvalue weighted by Gasteiger charge is -2.33. The standard InChI is InChI=1S/C14H21FN2O3/c1-8(2)16-12(18)10-5-9-6-17(7-11(10)20-9)13(19)14(15)3-4-14/h8-11H,3-7H2,1-2H3,(H,16,18). The molecule has 3 atom stereocenters. The second kappa shape index (κ2) is 4.69. The molecule has 6 heteroatoms. The lowest BCUT2D eigenvalue weighted by molar-refractivity contribution is -0.148. The molecule has 2 aliphatic heterocycles. The summed E-state index contributed by atoms with van der Waals surface area (Å²) in [6, 6.07) is 0.0845. The molecule has 0 radical (unpaired) electrons. The third-order valence-corrected chi connectivity index (χ3v) is 4.28. The topological polar surface area (TPSA) is 58.6 Å². The van der Waals surface area contributed by atoms with E-state index in [2.05, 4.69) is 5.32 Å². The van der Waals surface area contributed by atoms with Gasteiger partial charge in [0, 0.05) is 19.1 Å². The van der Waals surface area contributed by atoms with Crippen LogP contribution in [0.4, 0.5) is 4.39 Å². The molecular formula is C14H21FN2O3. The number of carbonyl (C=O) groups excluding carboxylic acids is 2. The van der Waals surface area contributed by atoms with Crippen LogP contribution in [-0.2, 0) is 14.3 Å². The van der Waals surface area contributed by atoms with E-state index >= 15 is 0 Å². The molecule has 0 aromatic rings. The average molecular weight is 284 g/mol. The minimum Gasteiger partial charge on any atom is -0.370 e. The van der Waals surface area contributed by atoms with Gasteiger partial charge >= 0.3 is 0 Å². The maximum absolute atomic E-state index is 13.9. The van der Waals surface area contributed by atoms with Crippen LogP contribution in [0, 0.1) is 5.92 Å². The molecule has 3 fully saturated rings. The Kier molecular flexibility index (Phi) is 3.23. The van der Waals surface area contributed by atoms with Gasteiger partial charge in [0.2, 0.25) is 5.91 Å². The summed E-state index contributed by atoms with van der Waals surface area (Å²) in [5, 5.41) is 2.89. The number of alkyl halides is 1. The van der Waals surface area contributed by atoms with E-state index < -0.39 is 11.6 Å². The van der Waals surface area contributed by atoms with Crippen molar-refractivity contribution in [3.8, 4) is 0 Å². The summed E-state index contributed by atoms with van der Waals surface area (Å²) >= 11 is 0. The molecule has 2 amide bonds. The van der Waals surface area contributed by atoms with E-state index in [1.807, 2.05) is 13.8 Å². The molecule has 1 aliphatic carbocycles. The molecule has 20 heavy (non-hydrogen) atoms. The van der Waals surface area contributed by atoms with Crippen LogP contribution in [0.5, 0.6) is 0 Å². The Hall–Kier alpha value is -1.17. The van der Waals surface area contributed by atoms with Gasteiger partial charge in [-0.15, -0.1) is 0 Å². The van der Waals surface area contributed by atoms with Crippen molar-refractivity contribution >= 4 is 11.8 Å². The molecule has 0 aromatic carbocycles. The summed E-state index contributed by atoms with van der Waals surface area (Å²) in [5.74, 6) is -0.668. The first-order chi connectivity index (χ1) is 9.39. The zero-order valence-electron chi connectivity index (χ0n) is 11.9. The van der Waals surface area contributed by atoms with Gasteiger partial charge in [0.25, 0.3) is 5.91 Å². The third-order valence-electron chi connectivity index (χ3n) is 4.28. The molecule has 2 saturated heterocycles. The number of morpholine rings is 1. The number of nitrogens with one attached hydrogen (secondary N) is 1. The van der Waals surface area contributed by atoms with E-state index in [4.69, 9.17) is 4.74 Å². The Morgan fingerprint density at radius 3 is 2.65 bits per heavy atom. The average Bonchev–Trinajstić information content (AvgIpc) is 3.05. The Bertz CT molecular complexity index is 436. The van der Waals surface area contributed by atoms with E-state index in [-0.39, 0.29) is 30.1 Å². The zero-order chi connectivity index (χ0) is 14.5. The highest BCUT2D eigenvalue weighted by molar-refractivity contribution is 5.88. The van der Waals surface area contributed by atoms with Gasteiger partial charge in [-0.3, -0.25) is 9.59 Å². The van der Waals surface area contributed by atoms with Crippen molar-refractivity contribution in [1.82, 2.24) is 10.2 Å². The van der Waals surface area contributed by atoms with Crippen molar-refractivity contribution in [2.24, 2.45) is 5.92 Å². The summed E-state index contributed by atoms with van der Waals surface area (Å²) in [6.07, 6.45) is 0.847. The van der Waals surface area contributed by atoms with Crippen LogP contribution < -0.4 is 5.32 Å². The van der Waals surface area contributed by atoms with Gasteiger partial charge in [0.05, 0.1) is 18.1 Å². The Morgan fingerprint density at radius 1 is 1.35 bits per heavy atom. The summed E-state index contributed by atoms with van der Waals surface area (Å²) in [4.78, 5) is 25.7. The summed E-state index contributed by atoms with van der Waals surface area (Å²) in [7, 11) is 0. The number of nitrogens with zero attached hydrogens (tertiary/aromatic N) is 1. The van der Waals surface area contributed by atoms with Crippen molar-refractivity contribution in [3.05, 3.63) is 0 Å². The van der Waals surface area contributed by atoms with Crippen LogP contribution in [0.25, 0.3) is 0 Å². The molecule has 0 aromatic heterocycles. The van der Waals surface area contributed by atoms with Gasteiger partial charge in [-0.25, -0.2) is 4.39 Å². The molecule has 1 saturated carbocycles. The predicted octanol–water partition coefficient (Wildman–Crippen LogP) is 0.629. The molecule has 0 spiro atoms. The lowest BCUT2D eigenvalue weighted by Crippen LogP contribution is -2.51. The molecule has 1 N–H and O–H groups in total. The largest absolute Gasteiger partial charge is 0.370 e. The van der Waals surface area contributed by atoms with Crippen LogP contribution in [0.15, 0.2) is 0 Å². The van der Waals surface area contributed by atoms with E-state index in [0.717, 1.165) is 0 Å². The molecule has 2 heterocycles. The predicted molar refractivity (Wildman–Crippen MR) is 69.7 cm³/mol. The first-order valence-corrected chi connectivity index (χ1v) is 7.33. The number of hydrogen-bond acceptors (Lipinski definition) is 3. The molecule has 2 bridgehead atoms. The first kappa shape index (κ1) is 13.8. The fraction of sp³-hybridized carbons (Fsp3) is 0.857. The Morgan fingerprint density at radius 2 is 2.05 bits per heavy atom. The van der Waals surface area contributed by atoms with Gasteiger partial charge in [-0.2, -0.15) is 0 Å². The zero-order valence-corrected chi connectivity index (χ0v) is 11.9. The second-order valence-corrected chi connectivity index (χ2v) is 6.48. The molecule has 3 unspecified atom stereocenters. The van der Waals surface area contributed by atoms with Crippen LogP contribution in [0.1, 0.15) is 33.1 Å². The van der Waals surface area contributed by atoms with E-state index in [9.17, 15) is 14.0 Å². The summed E-state index contributed by atoms with van der Waals surface area (Å²) in [5.41, 5.74) is -1.63. The summed E-state index contributed by atoms with van der Waals surface area (Å²) in [6.45, 7) is 4.56. The van der Waals surface area contributed by atoms with E-state index in [1.165, 1.54) is 0 Å². The fourth-order valence-electron chi connectivity index (χ4n) is 3.10. The number of rotatable bonds is 3. The molecule has 3 aliphatic rings. The number of likely N-dealkylation sites (tertiary alicyclic amines) is 1. The summed E-state index contributed by atoms with van der Waals surface area (Å²) < 4.78 is 19.6. The maximum Gasteiger partial charge on any atom is 0.260 e. The monoisotopic (exact) mass is 284 g/mol. The highest BCUT2D eigenvalue weighted by Gasteiger charge is 2.55. The Balaban J connectivity index is 1.65. The van der Waals surface area contributed by atoms with Gasteiger partial charge < -0.3 is 15.0 Å². The fourth-order valence-corrected chi connectivity index (χ4v) is 3.10. The molecular weight excluding hydrogens is 263 g/mol. The van der Waals surface area contributed by atoms with Crippen molar-refractivity contribution in [2.75, 3.05) is 13.1 Å². The van der Waals surface area contributed by atoms with E-state index in [1.54, 1.807) is 4.90 Å². The lowest BCUT2D eigenvalue weighted by atomic mass is 9.99. The van der Waals surface area contributed by atoms with Gasteiger partial charge in [0.15, 0.2) is 5.67 Å². The number of amides is 2. The Labute approximate surface area is 117 Å². The number of ether oxygens (including phenoxy) is 1. The van der Waals surface area contributed by atoms with Crippen LogP contribution in [-0.4, -0.2) is 53.7 Å². The number of fused-ring (bicyclic) bond motifs is 2. The van der Waals surface area contributed by atoms with Crippen molar-refractivity contribution < 1.29 is 18.7 Å². The van der Waals surface area contributed by atoms with Crippen molar-refractivity contribution in [2.45, 2.75) is 57.0 Å². The third kappa shape index (κ3) is 2.41. The van der Waals surface area contributed by atoms with Crippen molar-refractivity contribution in [3.63, 3.8) is 0 Å². The SMILES string of the molecule is CC(C)NC(=O)C1CC2CN(C(=O)C3(F)CC3)CC1O2. The normalized spacial score (nSPS) is 34.2. The van der Waals surface area contributed by atoms with Crippen LogP contribution in [0.2, 0.25) is 0 Å².